The normalized spacial score (nSPS) is 33.8. The van der Waals surface area contributed by atoms with Crippen LogP contribution in [0.3, 0.4) is 0 Å². The van der Waals surface area contributed by atoms with Gasteiger partial charge < -0.3 is 5.11 Å². The first kappa shape index (κ1) is 16.8. The number of rotatable bonds is 7. The Hall–Kier alpha value is -0.530. The van der Waals surface area contributed by atoms with E-state index in [2.05, 4.69) is 6.92 Å². The molecule has 2 aliphatic carbocycles. The van der Waals surface area contributed by atoms with Crippen molar-refractivity contribution in [1.82, 2.24) is 0 Å². The molecule has 2 rings (SSSR count). The van der Waals surface area contributed by atoms with Gasteiger partial charge in [0.25, 0.3) is 0 Å². The summed E-state index contributed by atoms with van der Waals surface area (Å²) in [6.45, 7) is 2.28. The molecule has 2 fully saturated rings. The van der Waals surface area contributed by atoms with Gasteiger partial charge in [-0.05, 0) is 56.3 Å². The van der Waals surface area contributed by atoms with Crippen molar-refractivity contribution in [3.05, 3.63) is 0 Å². The molecule has 0 amide bonds. The first-order chi connectivity index (χ1) is 10.2. The topological polar surface area (TPSA) is 37.3 Å². The lowest BCUT2D eigenvalue weighted by molar-refractivity contribution is -0.143. The van der Waals surface area contributed by atoms with Crippen molar-refractivity contribution in [2.75, 3.05) is 0 Å². The van der Waals surface area contributed by atoms with Gasteiger partial charge in [-0.1, -0.05) is 51.9 Å². The van der Waals surface area contributed by atoms with Gasteiger partial charge in [0.2, 0.25) is 0 Å². The van der Waals surface area contributed by atoms with Crippen LogP contribution < -0.4 is 0 Å². The van der Waals surface area contributed by atoms with E-state index in [-0.39, 0.29) is 5.92 Å². The van der Waals surface area contributed by atoms with Crippen molar-refractivity contribution in [1.29, 1.82) is 0 Å². The van der Waals surface area contributed by atoms with E-state index in [4.69, 9.17) is 5.11 Å². The highest BCUT2D eigenvalue weighted by Gasteiger charge is 2.32. The van der Waals surface area contributed by atoms with E-state index in [1.165, 1.54) is 70.6 Å². The van der Waals surface area contributed by atoms with Gasteiger partial charge in [-0.25, -0.2) is 0 Å². The zero-order chi connectivity index (χ0) is 15.1. The van der Waals surface area contributed by atoms with Gasteiger partial charge in [0.05, 0.1) is 5.92 Å². The number of carboxylic acids is 1. The minimum Gasteiger partial charge on any atom is -0.481 e. The molecule has 0 heterocycles. The largest absolute Gasteiger partial charge is 0.481 e. The maximum Gasteiger partial charge on any atom is 0.306 e. The van der Waals surface area contributed by atoms with Crippen molar-refractivity contribution < 1.29 is 9.90 Å². The molecule has 0 radical (unpaired) electrons. The van der Waals surface area contributed by atoms with Crippen LogP contribution in [0.2, 0.25) is 0 Å². The van der Waals surface area contributed by atoms with Crippen molar-refractivity contribution in [3.8, 4) is 0 Å². The molecule has 0 spiro atoms. The van der Waals surface area contributed by atoms with Crippen LogP contribution >= 0.6 is 0 Å². The molecule has 21 heavy (non-hydrogen) atoms. The summed E-state index contributed by atoms with van der Waals surface area (Å²) in [4.78, 5) is 11.0. The zero-order valence-electron chi connectivity index (χ0n) is 13.9. The number of unbranched alkanes of at least 4 members (excludes halogenated alkanes) is 3. The summed E-state index contributed by atoms with van der Waals surface area (Å²) in [6.07, 6.45) is 17.0. The number of hydrogen-bond donors (Lipinski definition) is 1. The van der Waals surface area contributed by atoms with E-state index < -0.39 is 5.97 Å². The molecule has 0 atom stereocenters. The zero-order valence-corrected chi connectivity index (χ0v) is 13.9. The molecule has 0 aromatic rings. The van der Waals surface area contributed by atoms with Crippen molar-refractivity contribution in [2.45, 2.75) is 90.4 Å². The maximum atomic E-state index is 11.0. The summed E-state index contributed by atoms with van der Waals surface area (Å²) in [5.74, 6) is 2.13. The Kier molecular flexibility index (Phi) is 7.06. The number of aliphatic carboxylic acids is 1. The average Bonchev–Trinajstić information content (AvgIpc) is 2.52. The van der Waals surface area contributed by atoms with Crippen LogP contribution in [-0.2, 0) is 4.79 Å². The van der Waals surface area contributed by atoms with Gasteiger partial charge in [0.15, 0.2) is 0 Å². The fraction of sp³-hybridized carbons (Fsp3) is 0.947. The first-order valence-electron chi connectivity index (χ1n) is 9.43. The predicted molar refractivity (Wildman–Crippen MR) is 87.3 cm³/mol. The minimum atomic E-state index is -0.566. The summed E-state index contributed by atoms with van der Waals surface area (Å²) in [5, 5.41) is 9.09. The molecule has 0 unspecified atom stereocenters. The molecular formula is C19H34O2. The molecular weight excluding hydrogens is 260 g/mol. The quantitative estimate of drug-likeness (QED) is 0.616. The third-order valence-electron chi connectivity index (χ3n) is 6.15. The second kappa shape index (κ2) is 8.80. The lowest BCUT2D eigenvalue weighted by atomic mass is 9.68. The monoisotopic (exact) mass is 294 g/mol. The lowest BCUT2D eigenvalue weighted by Gasteiger charge is -2.37. The van der Waals surface area contributed by atoms with Crippen LogP contribution in [0.1, 0.15) is 90.4 Å². The number of carboxylic acid groups (broad SMARTS) is 1. The van der Waals surface area contributed by atoms with Crippen molar-refractivity contribution >= 4 is 5.97 Å². The van der Waals surface area contributed by atoms with E-state index in [1.807, 2.05) is 0 Å². The number of carbonyl (C=O) groups is 1. The molecule has 122 valence electrons. The third-order valence-corrected chi connectivity index (χ3v) is 6.15. The van der Waals surface area contributed by atoms with Crippen LogP contribution in [0.15, 0.2) is 0 Å². The Morgan fingerprint density at radius 1 is 0.857 bits per heavy atom. The molecule has 2 saturated carbocycles. The Bertz CT molecular complexity index is 297. The molecule has 0 saturated heterocycles. The van der Waals surface area contributed by atoms with Crippen molar-refractivity contribution in [2.24, 2.45) is 23.7 Å². The molecule has 0 bridgehead atoms. The fourth-order valence-electron chi connectivity index (χ4n) is 4.65. The Morgan fingerprint density at radius 3 is 1.95 bits per heavy atom. The Labute approximate surface area is 130 Å². The predicted octanol–water partition coefficient (Wildman–Crippen LogP) is 5.65. The Morgan fingerprint density at radius 2 is 1.43 bits per heavy atom. The second-order valence-electron chi connectivity index (χ2n) is 7.58. The minimum absolute atomic E-state index is 0.0452. The van der Waals surface area contributed by atoms with E-state index in [1.54, 1.807) is 0 Å². The smallest absolute Gasteiger partial charge is 0.306 e. The summed E-state index contributed by atoms with van der Waals surface area (Å²) in [5.41, 5.74) is 0. The highest BCUT2D eigenvalue weighted by Crippen LogP contribution is 2.42. The van der Waals surface area contributed by atoms with Gasteiger partial charge in [-0.2, -0.15) is 0 Å². The Balaban J connectivity index is 1.62. The number of hydrogen-bond acceptors (Lipinski definition) is 1. The van der Waals surface area contributed by atoms with Gasteiger partial charge in [0, 0.05) is 0 Å². The summed E-state index contributed by atoms with van der Waals surface area (Å²) >= 11 is 0. The van der Waals surface area contributed by atoms with Gasteiger partial charge in [-0.15, -0.1) is 0 Å². The second-order valence-corrected chi connectivity index (χ2v) is 7.58. The molecule has 0 aromatic heterocycles. The molecule has 2 nitrogen and oxygen atoms in total. The molecule has 2 heteroatoms. The lowest BCUT2D eigenvalue weighted by Crippen LogP contribution is -2.28. The summed E-state index contributed by atoms with van der Waals surface area (Å²) in [7, 11) is 0. The van der Waals surface area contributed by atoms with Crippen LogP contribution in [-0.4, -0.2) is 11.1 Å². The highest BCUT2D eigenvalue weighted by molar-refractivity contribution is 5.69. The van der Waals surface area contributed by atoms with Crippen LogP contribution in [0.25, 0.3) is 0 Å². The average molecular weight is 294 g/mol. The SMILES string of the molecule is CCCCCCC1CCC(C2CCC(C(=O)O)CC2)CC1. The standard InChI is InChI=1S/C19H34O2/c1-2-3-4-5-6-15-7-9-16(10-8-15)17-11-13-18(14-12-17)19(20)21/h15-18H,2-14H2,1H3,(H,20,21). The van der Waals surface area contributed by atoms with Crippen LogP contribution in [0.4, 0.5) is 0 Å². The van der Waals surface area contributed by atoms with E-state index >= 15 is 0 Å². The van der Waals surface area contributed by atoms with E-state index in [9.17, 15) is 4.79 Å². The van der Waals surface area contributed by atoms with Crippen LogP contribution in [0.5, 0.6) is 0 Å². The first-order valence-corrected chi connectivity index (χ1v) is 9.43. The van der Waals surface area contributed by atoms with Crippen molar-refractivity contribution in [3.63, 3.8) is 0 Å². The molecule has 2 aliphatic rings. The van der Waals surface area contributed by atoms with Gasteiger partial charge in [-0.3, -0.25) is 4.79 Å². The fourth-order valence-corrected chi connectivity index (χ4v) is 4.65. The van der Waals surface area contributed by atoms with Crippen LogP contribution in [0, 0.1) is 23.7 Å². The summed E-state index contributed by atoms with van der Waals surface area (Å²) < 4.78 is 0. The van der Waals surface area contributed by atoms with E-state index in [0.717, 1.165) is 30.6 Å². The molecule has 1 N–H and O–H groups in total. The third kappa shape index (κ3) is 5.30. The van der Waals surface area contributed by atoms with Gasteiger partial charge >= 0.3 is 5.97 Å². The summed E-state index contributed by atoms with van der Waals surface area (Å²) in [6, 6.07) is 0. The highest BCUT2D eigenvalue weighted by atomic mass is 16.4. The molecule has 0 aromatic carbocycles. The van der Waals surface area contributed by atoms with Gasteiger partial charge in [0.1, 0.15) is 0 Å². The van der Waals surface area contributed by atoms with E-state index in [0.29, 0.717) is 0 Å². The maximum absolute atomic E-state index is 11.0. The molecule has 0 aliphatic heterocycles.